The molecule has 2 fully saturated rings. The zero-order valence-corrected chi connectivity index (χ0v) is 16.6. The molecule has 0 spiro atoms. The molecule has 2 aliphatic rings. The lowest BCUT2D eigenvalue weighted by Gasteiger charge is -2.45. The predicted molar refractivity (Wildman–Crippen MR) is 104 cm³/mol. The molecule has 29 heavy (non-hydrogen) atoms. The molecule has 1 aliphatic carbocycles. The van der Waals surface area contributed by atoms with E-state index in [4.69, 9.17) is 38.1 Å². The molecule has 1 saturated heterocycles. The Bertz CT molecular complexity index is 551. The Morgan fingerprint density at radius 1 is 1.10 bits per heavy atom. The van der Waals surface area contributed by atoms with Gasteiger partial charge in [0.2, 0.25) is 0 Å². The van der Waals surface area contributed by atoms with Crippen molar-refractivity contribution < 1.29 is 34.7 Å². The Morgan fingerprint density at radius 2 is 1.76 bits per heavy atom. The summed E-state index contributed by atoms with van der Waals surface area (Å²) < 4.78 is 11.3. The molecule has 0 aromatic carbocycles. The summed E-state index contributed by atoms with van der Waals surface area (Å²) in [5.74, 6) is 0. The maximum atomic E-state index is 11.8. The van der Waals surface area contributed by atoms with Crippen molar-refractivity contribution in [3.8, 4) is 0 Å². The molecule has 1 saturated carbocycles. The number of carbonyl (C=O) groups excluding carboxylic acids is 1. The first kappa shape index (κ1) is 24.6. The van der Waals surface area contributed by atoms with Crippen molar-refractivity contribution in [2.24, 2.45) is 28.7 Å². The molecule has 11 atom stereocenters. The van der Waals surface area contributed by atoms with Crippen molar-refractivity contribution in [3.05, 3.63) is 0 Å². The Morgan fingerprint density at radius 3 is 2.38 bits per heavy atom. The van der Waals surface area contributed by atoms with E-state index in [9.17, 15) is 25.2 Å². The number of nitrogens with two attached hydrogens (primary N) is 5. The van der Waals surface area contributed by atoms with Crippen LogP contribution in [0.5, 0.6) is 0 Å². The van der Waals surface area contributed by atoms with Gasteiger partial charge in [-0.05, 0) is 18.2 Å². The lowest BCUT2D eigenvalue weighted by atomic mass is 9.84. The molecule has 1 amide bonds. The first-order valence-corrected chi connectivity index (χ1v) is 10.1. The van der Waals surface area contributed by atoms with Gasteiger partial charge in [0.15, 0.2) is 6.29 Å². The number of thioether (sulfide) groups is 1. The smallest absolute Gasteiger partial charge is 0.280 e. The van der Waals surface area contributed by atoms with Gasteiger partial charge in [0.1, 0.15) is 30.5 Å². The van der Waals surface area contributed by atoms with E-state index in [-0.39, 0.29) is 19.5 Å². The van der Waals surface area contributed by atoms with Crippen LogP contribution in [0, 0.1) is 0 Å². The Kier molecular flexibility index (Phi) is 9.02. The van der Waals surface area contributed by atoms with Crippen LogP contribution < -0.4 is 34.0 Å². The van der Waals surface area contributed by atoms with Gasteiger partial charge in [-0.2, -0.15) is 0 Å². The molecule has 1 heterocycles. The van der Waals surface area contributed by atoms with Crippen LogP contribution in [0.4, 0.5) is 4.79 Å². The molecule has 0 aromatic rings. The van der Waals surface area contributed by atoms with Gasteiger partial charge in [-0.1, -0.05) is 0 Å². The molecule has 0 bridgehead atoms. The van der Waals surface area contributed by atoms with E-state index in [2.05, 4.69) is 5.32 Å². The van der Waals surface area contributed by atoms with Gasteiger partial charge < -0.3 is 63.9 Å². The molecule has 2 rings (SSSR count). The maximum Gasteiger partial charge on any atom is 0.280 e. The van der Waals surface area contributed by atoms with E-state index in [0.717, 1.165) is 11.8 Å². The number of hydrogen-bond acceptors (Lipinski definition) is 13. The Hall–Kier alpha value is -0.620. The molecule has 14 heteroatoms. The summed E-state index contributed by atoms with van der Waals surface area (Å²) in [5.41, 5.74) is 28.5. The largest absolute Gasteiger partial charge is 0.389 e. The van der Waals surface area contributed by atoms with Crippen molar-refractivity contribution in [1.29, 1.82) is 0 Å². The van der Waals surface area contributed by atoms with Crippen LogP contribution in [-0.4, -0.2) is 105 Å². The predicted octanol–water partition coefficient (Wildman–Crippen LogP) is -5.39. The lowest BCUT2D eigenvalue weighted by Crippen LogP contribution is -2.67. The number of aliphatic hydroxyl groups is 4. The highest BCUT2D eigenvalue weighted by Crippen LogP contribution is 2.27. The average molecular weight is 441 g/mol. The van der Waals surface area contributed by atoms with Crippen LogP contribution in [0.1, 0.15) is 6.42 Å². The third-order valence-electron chi connectivity index (χ3n) is 5.07. The minimum atomic E-state index is -1.43. The number of carbonyl (C=O) groups is 1. The first-order valence-electron chi connectivity index (χ1n) is 9.26. The Balaban J connectivity index is 2.00. The van der Waals surface area contributed by atoms with E-state index in [0.29, 0.717) is 0 Å². The summed E-state index contributed by atoms with van der Waals surface area (Å²) in [6.07, 6.45) is -8.67. The van der Waals surface area contributed by atoms with Crippen molar-refractivity contribution in [2.75, 3.05) is 13.1 Å². The number of ether oxygens (including phenoxy) is 2. The highest BCUT2D eigenvalue weighted by atomic mass is 32.2. The second-order valence-corrected chi connectivity index (χ2v) is 8.52. The molecule has 0 aromatic heterocycles. The van der Waals surface area contributed by atoms with Crippen LogP contribution in [0.25, 0.3) is 0 Å². The quantitative estimate of drug-likeness (QED) is 0.173. The lowest BCUT2D eigenvalue weighted by molar-refractivity contribution is -0.288. The van der Waals surface area contributed by atoms with Crippen molar-refractivity contribution in [3.63, 3.8) is 0 Å². The van der Waals surface area contributed by atoms with Crippen molar-refractivity contribution >= 4 is 17.0 Å². The van der Waals surface area contributed by atoms with Crippen molar-refractivity contribution in [1.82, 2.24) is 5.32 Å². The SMILES string of the molecule is NCC(N)SC(=O)NC[C@H]1O[C@H](O[C@H]2[C@H](O)[C@@H](O)[C@H](N)C[C@@H]2N)[C@H](N)[C@@H](O)[C@@H]1O. The third kappa shape index (κ3) is 5.96. The second-order valence-electron chi connectivity index (χ2n) is 7.31. The normalized spacial score (nSPS) is 44.3. The highest BCUT2D eigenvalue weighted by molar-refractivity contribution is 8.14. The number of rotatable bonds is 6. The number of amides is 1. The minimum absolute atomic E-state index is 0.101. The van der Waals surface area contributed by atoms with E-state index in [1.54, 1.807) is 0 Å². The molecule has 1 aliphatic heterocycles. The standard InChI is InChI=1S/C15H32N6O7S/c16-2-7(19)29-15(26)21-3-6-10(23)11(24)8(20)14(27-6)28-13-5(18)1-4(17)9(22)12(13)25/h4-14,22-25H,1-3,16-20H2,(H,21,26)/t4-,5+,6-,7?,8-,9+,10-,11-,12-,13-,14-/m1/s1. The van der Waals surface area contributed by atoms with E-state index >= 15 is 0 Å². The van der Waals surface area contributed by atoms with Crippen LogP contribution in [-0.2, 0) is 9.47 Å². The summed E-state index contributed by atoms with van der Waals surface area (Å²) in [5, 5.41) is 42.1. The van der Waals surface area contributed by atoms with E-state index in [1.165, 1.54) is 0 Å². The van der Waals surface area contributed by atoms with Gasteiger partial charge in [0.05, 0.1) is 17.5 Å². The molecule has 1 unspecified atom stereocenters. The van der Waals surface area contributed by atoms with Gasteiger partial charge >= 0.3 is 0 Å². The summed E-state index contributed by atoms with van der Waals surface area (Å²) >= 11 is 0.779. The van der Waals surface area contributed by atoms with Crippen LogP contribution in [0.2, 0.25) is 0 Å². The van der Waals surface area contributed by atoms with Crippen molar-refractivity contribution in [2.45, 2.75) is 72.8 Å². The molecular formula is C15H32N6O7S. The zero-order valence-electron chi connectivity index (χ0n) is 15.8. The average Bonchev–Trinajstić information content (AvgIpc) is 2.68. The molecular weight excluding hydrogens is 408 g/mol. The summed E-state index contributed by atoms with van der Waals surface area (Å²) in [7, 11) is 0. The molecule has 170 valence electrons. The topological polar surface area (TPSA) is 259 Å². The third-order valence-corrected chi connectivity index (χ3v) is 5.92. The first-order chi connectivity index (χ1) is 13.6. The van der Waals surface area contributed by atoms with E-state index < -0.39 is 71.7 Å². The molecule has 0 radical (unpaired) electrons. The second kappa shape index (κ2) is 10.6. The van der Waals surface area contributed by atoms with E-state index in [1.807, 2.05) is 0 Å². The summed E-state index contributed by atoms with van der Waals surface area (Å²) in [4.78, 5) is 11.8. The number of hydrogen-bond donors (Lipinski definition) is 10. The molecule has 13 nitrogen and oxygen atoms in total. The van der Waals surface area contributed by atoms with Gasteiger partial charge in [0, 0.05) is 25.2 Å². The fourth-order valence-corrected chi connectivity index (χ4v) is 3.82. The monoisotopic (exact) mass is 440 g/mol. The highest BCUT2D eigenvalue weighted by Gasteiger charge is 2.48. The van der Waals surface area contributed by atoms with Crippen LogP contribution >= 0.6 is 11.8 Å². The Labute approximate surface area is 172 Å². The zero-order chi connectivity index (χ0) is 21.9. The van der Waals surface area contributed by atoms with Crippen LogP contribution in [0.3, 0.4) is 0 Å². The van der Waals surface area contributed by atoms with Gasteiger partial charge in [-0.25, -0.2) is 0 Å². The number of nitrogens with one attached hydrogen (secondary N) is 1. The summed E-state index contributed by atoms with van der Waals surface area (Å²) in [6, 6.07) is -2.59. The summed E-state index contributed by atoms with van der Waals surface area (Å²) in [6.45, 7) is -0.0652. The van der Waals surface area contributed by atoms with Gasteiger partial charge in [0.25, 0.3) is 5.24 Å². The minimum Gasteiger partial charge on any atom is -0.389 e. The fourth-order valence-electron chi connectivity index (χ4n) is 3.28. The maximum absolute atomic E-state index is 11.8. The number of aliphatic hydroxyl groups excluding tert-OH is 4. The molecule has 15 N–H and O–H groups in total. The van der Waals surface area contributed by atoms with Gasteiger partial charge in [-0.15, -0.1) is 0 Å². The fraction of sp³-hybridized carbons (Fsp3) is 0.933. The van der Waals surface area contributed by atoms with Crippen LogP contribution in [0.15, 0.2) is 0 Å². The van der Waals surface area contributed by atoms with Gasteiger partial charge in [-0.3, -0.25) is 4.79 Å².